The van der Waals surface area contributed by atoms with E-state index in [2.05, 4.69) is 15.6 Å². The number of carbonyl (C=O) groups is 1. The number of carboxylic acid groups (broad SMARTS) is 1. The number of rotatable bonds is 3. The predicted molar refractivity (Wildman–Crippen MR) is 92.3 cm³/mol. The molecule has 2 saturated heterocycles. The number of nitrogens with one attached hydrogen (secondary N) is 2. The van der Waals surface area contributed by atoms with Crippen LogP contribution in [0.3, 0.4) is 0 Å². The molecule has 9 heteroatoms. The van der Waals surface area contributed by atoms with E-state index in [1.807, 2.05) is 4.90 Å². The molecule has 3 heterocycles. The number of halogens is 3. The monoisotopic (exact) mass is 380 g/mol. The fourth-order valence-electron chi connectivity index (χ4n) is 4.13. The molecule has 3 aliphatic rings. The number of benzene rings is 1. The van der Waals surface area contributed by atoms with Crippen LogP contribution in [0.2, 0.25) is 0 Å². The van der Waals surface area contributed by atoms with Gasteiger partial charge in [-0.3, -0.25) is 4.99 Å². The Bertz CT molecular complexity index is 811. The second kappa shape index (κ2) is 6.26. The van der Waals surface area contributed by atoms with Crippen molar-refractivity contribution in [1.29, 1.82) is 0 Å². The van der Waals surface area contributed by atoms with Gasteiger partial charge in [-0.25, -0.2) is 4.79 Å². The molecule has 6 nitrogen and oxygen atoms in total. The fourth-order valence-corrected chi connectivity index (χ4v) is 4.13. The van der Waals surface area contributed by atoms with Gasteiger partial charge in [0.2, 0.25) is 0 Å². The fraction of sp³-hybridized carbons (Fsp3) is 0.444. The normalized spacial score (nSPS) is 30.0. The van der Waals surface area contributed by atoms with Crippen LogP contribution in [-0.2, 0) is 5.66 Å². The van der Waals surface area contributed by atoms with Gasteiger partial charge >= 0.3 is 12.1 Å². The molecule has 3 N–H and O–H groups in total. The average molecular weight is 380 g/mol. The molecule has 4 rings (SSSR count). The van der Waals surface area contributed by atoms with E-state index in [-0.39, 0.29) is 0 Å². The number of alkyl halides is 3. The molecule has 1 aromatic carbocycles. The zero-order valence-corrected chi connectivity index (χ0v) is 14.3. The van der Waals surface area contributed by atoms with Crippen LogP contribution in [-0.4, -0.2) is 54.5 Å². The van der Waals surface area contributed by atoms with Crippen molar-refractivity contribution in [1.82, 2.24) is 15.5 Å². The number of nitrogens with zero attached hydrogens (tertiary/aromatic N) is 2. The van der Waals surface area contributed by atoms with Crippen LogP contribution in [0, 0.1) is 11.8 Å². The minimum absolute atomic E-state index is 0.317. The lowest BCUT2D eigenvalue weighted by molar-refractivity contribution is -0.197. The summed E-state index contributed by atoms with van der Waals surface area (Å²) in [6, 6.07) is 5.10. The SMILES string of the molecule is O=C(O)c1ccccc1C1(C(F)(F)F)N=CC=C(N2CC3CNCC3C2)N1. The molecule has 0 radical (unpaired) electrons. The van der Waals surface area contributed by atoms with Crippen LogP contribution in [0.25, 0.3) is 0 Å². The lowest BCUT2D eigenvalue weighted by Crippen LogP contribution is -2.56. The Morgan fingerprint density at radius 1 is 1.22 bits per heavy atom. The third kappa shape index (κ3) is 2.86. The highest BCUT2D eigenvalue weighted by Gasteiger charge is 2.59. The van der Waals surface area contributed by atoms with Gasteiger partial charge in [0.25, 0.3) is 5.66 Å². The first kappa shape index (κ1) is 17.8. The molecule has 0 bridgehead atoms. The molecule has 2 fully saturated rings. The number of hydrogen-bond donors (Lipinski definition) is 3. The van der Waals surface area contributed by atoms with Crippen LogP contribution in [0.1, 0.15) is 15.9 Å². The Labute approximate surface area is 153 Å². The zero-order valence-electron chi connectivity index (χ0n) is 14.3. The zero-order chi connectivity index (χ0) is 19.2. The molecule has 1 aromatic rings. The van der Waals surface area contributed by atoms with Crippen molar-refractivity contribution in [3.63, 3.8) is 0 Å². The van der Waals surface area contributed by atoms with Gasteiger partial charge in [-0.15, -0.1) is 0 Å². The number of likely N-dealkylation sites (tertiary alicyclic amines) is 1. The summed E-state index contributed by atoms with van der Waals surface area (Å²) in [5.41, 5.74) is -3.68. The minimum Gasteiger partial charge on any atom is -0.478 e. The molecular formula is C18H19F3N4O2. The number of carboxylic acids is 1. The smallest absolute Gasteiger partial charge is 0.436 e. The van der Waals surface area contributed by atoms with Crippen molar-refractivity contribution in [3.8, 4) is 0 Å². The van der Waals surface area contributed by atoms with E-state index in [9.17, 15) is 23.1 Å². The van der Waals surface area contributed by atoms with Crippen molar-refractivity contribution in [2.45, 2.75) is 11.8 Å². The first-order valence-electron chi connectivity index (χ1n) is 8.71. The largest absolute Gasteiger partial charge is 0.478 e. The maximum atomic E-state index is 14.2. The standard InChI is InChI=1S/C18H19F3N4O2/c19-18(20,21)17(14-4-2-1-3-13(14)16(26)27)23-6-5-15(24-17)25-9-11-7-22-8-12(11)10-25/h1-6,11-12,22,24H,7-10H2,(H,26,27). The highest BCUT2D eigenvalue weighted by atomic mass is 19.4. The van der Waals surface area contributed by atoms with Gasteiger partial charge in [-0.2, -0.15) is 13.2 Å². The van der Waals surface area contributed by atoms with Crippen LogP contribution < -0.4 is 10.6 Å². The topological polar surface area (TPSA) is 77.0 Å². The number of aliphatic imine (C=N–C) groups is 1. The summed E-state index contributed by atoms with van der Waals surface area (Å²) in [4.78, 5) is 17.1. The van der Waals surface area contributed by atoms with Crippen molar-refractivity contribution < 1.29 is 23.1 Å². The molecule has 27 heavy (non-hydrogen) atoms. The number of allylic oxidation sites excluding steroid dienone is 1. The van der Waals surface area contributed by atoms with Crippen molar-refractivity contribution >= 4 is 12.2 Å². The van der Waals surface area contributed by atoms with E-state index >= 15 is 0 Å². The molecule has 0 amide bonds. The van der Waals surface area contributed by atoms with Crippen molar-refractivity contribution in [3.05, 3.63) is 47.3 Å². The van der Waals surface area contributed by atoms with E-state index in [1.54, 1.807) is 0 Å². The predicted octanol–water partition coefficient (Wildman–Crippen LogP) is 1.77. The number of aromatic carboxylic acids is 1. The molecular weight excluding hydrogens is 361 g/mol. The number of fused-ring (bicyclic) bond motifs is 1. The molecule has 0 saturated carbocycles. The maximum Gasteiger partial charge on any atom is 0.436 e. The second-order valence-corrected chi connectivity index (χ2v) is 7.10. The summed E-state index contributed by atoms with van der Waals surface area (Å²) in [6.07, 6.45) is -2.20. The summed E-state index contributed by atoms with van der Waals surface area (Å²) >= 11 is 0. The minimum atomic E-state index is -4.83. The van der Waals surface area contributed by atoms with E-state index < -0.39 is 28.9 Å². The first-order valence-corrected chi connectivity index (χ1v) is 8.71. The Balaban J connectivity index is 1.72. The summed E-state index contributed by atoms with van der Waals surface area (Å²) in [7, 11) is 0. The number of hydrogen-bond acceptors (Lipinski definition) is 5. The van der Waals surface area contributed by atoms with E-state index in [0.717, 1.165) is 31.4 Å². The Morgan fingerprint density at radius 2 is 1.89 bits per heavy atom. The summed E-state index contributed by atoms with van der Waals surface area (Å²) in [5, 5.41) is 15.2. The summed E-state index contributed by atoms with van der Waals surface area (Å²) < 4.78 is 42.6. The molecule has 3 atom stereocenters. The van der Waals surface area contributed by atoms with Crippen LogP contribution in [0.15, 0.2) is 41.2 Å². The first-order chi connectivity index (χ1) is 12.8. The maximum absolute atomic E-state index is 14.2. The van der Waals surface area contributed by atoms with Crippen LogP contribution >= 0.6 is 0 Å². The van der Waals surface area contributed by atoms with Gasteiger partial charge in [0.15, 0.2) is 0 Å². The van der Waals surface area contributed by atoms with Gasteiger partial charge in [0.05, 0.1) is 5.56 Å². The molecule has 144 valence electrons. The highest BCUT2D eigenvalue weighted by molar-refractivity contribution is 5.90. The van der Waals surface area contributed by atoms with E-state index in [0.29, 0.717) is 30.7 Å². The van der Waals surface area contributed by atoms with Crippen molar-refractivity contribution in [2.24, 2.45) is 16.8 Å². The van der Waals surface area contributed by atoms with E-state index in [4.69, 9.17) is 0 Å². The summed E-state index contributed by atoms with van der Waals surface area (Å²) in [5.74, 6) is -0.308. The van der Waals surface area contributed by atoms with Gasteiger partial charge in [-0.1, -0.05) is 18.2 Å². The molecule has 3 unspecified atom stereocenters. The molecule has 0 spiro atoms. The third-order valence-corrected chi connectivity index (χ3v) is 5.50. The molecule has 0 aromatic heterocycles. The quantitative estimate of drug-likeness (QED) is 0.745. The third-order valence-electron chi connectivity index (χ3n) is 5.50. The van der Waals surface area contributed by atoms with Gasteiger partial charge in [0.1, 0.15) is 5.82 Å². The van der Waals surface area contributed by atoms with Crippen LogP contribution in [0.5, 0.6) is 0 Å². The highest BCUT2D eigenvalue weighted by Crippen LogP contribution is 2.44. The lowest BCUT2D eigenvalue weighted by Gasteiger charge is -2.39. The Morgan fingerprint density at radius 3 is 2.52 bits per heavy atom. The lowest BCUT2D eigenvalue weighted by atomic mass is 9.93. The second-order valence-electron chi connectivity index (χ2n) is 7.10. The molecule has 0 aliphatic carbocycles. The molecule has 3 aliphatic heterocycles. The van der Waals surface area contributed by atoms with Crippen LogP contribution in [0.4, 0.5) is 13.2 Å². The van der Waals surface area contributed by atoms with Gasteiger partial charge in [0, 0.05) is 38.0 Å². The van der Waals surface area contributed by atoms with Gasteiger partial charge in [-0.05, 0) is 24.0 Å². The Hall–Kier alpha value is -2.55. The Kier molecular flexibility index (Phi) is 4.14. The van der Waals surface area contributed by atoms with Crippen molar-refractivity contribution in [2.75, 3.05) is 26.2 Å². The summed E-state index contributed by atoms with van der Waals surface area (Å²) in [6.45, 7) is 3.02. The van der Waals surface area contributed by atoms with E-state index in [1.165, 1.54) is 18.2 Å². The average Bonchev–Trinajstić information content (AvgIpc) is 3.23. The van der Waals surface area contributed by atoms with Gasteiger partial charge < -0.3 is 20.6 Å².